The summed E-state index contributed by atoms with van der Waals surface area (Å²) in [5.74, 6) is 2.43. The zero-order chi connectivity index (χ0) is 20.4. The van der Waals surface area contributed by atoms with Gasteiger partial charge in [-0.3, -0.25) is 0 Å². The zero-order valence-electron chi connectivity index (χ0n) is 17.2. The number of para-hydroxylation sites is 1. The van der Waals surface area contributed by atoms with E-state index in [1.165, 1.54) is 0 Å². The van der Waals surface area contributed by atoms with Gasteiger partial charge in [-0.25, -0.2) is 4.98 Å². The minimum Gasteiger partial charge on any atom is -0.486 e. The van der Waals surface area contributed by atoms with E-state index in [0.29, 0.717) is 42.8 Å². The van der Waals surface area contributed by atoms with Crippen LogP contribution in [0.15, 0.2) is 36.5 Å². The van der Waals surface area contributed by atoms with E-state index in [2.05, 4.69) is 4.98 Å². The number of aromatic nitrogens is 1. The van der Waals surface area contributed by atoms with Gasteiger partial charge in [0.15, 0.2) is 11.5 Å². The lowest BCUT2D eigenvalue weighted by molar-refractivity contribution is -0.0672. The van der Waals surface area contributed by atoms with Crippen LogP contribution in [0.1, 0.15) is 52.7 Å². The normalized spacial score (nSPS) is 16.4. The Kier molecular flexibility index (Phi) is 5.82. The Hall–Kier alpha value is -2.31. The van der Waals surface area contributed by atoms with Crippen molar-refractivity contribution in [3.8, 4) is 23.1 Å². The molecular weight excluding hydrogens is 358 g/mol. The van der Waals surface area contributed by atoms with Gasteiger partial charge in [0.1, 0.15) is 18.5 Å². The van der Waals surface area contributed by atoms with Crippen molar-refractivity contribution in [2.24, 2.45) is 0 Å². The van der Waals surface area contributed by atoms with E-state index >= 15 is 0 Å². The number of pyridine rings is 1. The third-order valence-electron chi connectivity index (χ3n) is 4.13. The maximum Gasteiger partial charge on any atom is 0.213 e. The molecule has 1 N–H and O–H groups in total. The monoisotopic (exact) mass is 387 g/mol. The van der Waals surface area contributed by atoms with E-state index < -0.39 is 5.60 Å². The molecular formula is C22H29NO5. The van der Waals surface area contributed by atoms with Gasteiger partial charge in [0.2, 0.25) is 5.88 Å². The molecule has 0 unspecified atom stereocenters. The molecule has 1 aromatic carbocycles. The summed E-state index contributed by atoms with van der Waals surface area (Å²) < 4.78 is 23.5. The van der Waals surface area contributed by atoms with Gasteiger partial charge in [0.25, 0.3) is 0 Å². The van der Waals surface area contributed by atoms with Crippen molar-refractivity contribution in [3.05, 3.63) is 42.1 Å². The topological polar surface area (TPSA) is 70.0 Å². The lowest BCUT2D eigenvalue weighted by Crippen LogP contribution is -2.23. The summed E-state index contributed by atoms with van der Waals surface area (Å²) in [7, 11) is 0. The van der Waals surface area contributed by atoms with Crippen molar-refractivity contribution in [1.82, 2.24) is 4.98 Å². The van der Waals surface area contributed by atoms with Gasteiger partial charge in [0, 0.05) is 18.1 Å². The van der Waals surface area contributed by atoms with E-state index in [9.17, 15) is 5.11 Å². The standard InChI is InChI=1S/C22H29NO5/c1-21(2,3)28-18-14-26-20-16(18)7-6-8-17(20)27-15-9-10-19(23-13-15)25-12-11-22(4,5)24/h6-10,13,18,24H,11-12,14H2,1-5H3/t18-/m1/s1. The summed E-state index contributed by atoms with van der Waals surface area (Å²) >= 11 is 0. The Balaban J connectivity index is 1.65. The number of benzene rings is 1. The summed E-state index contributed by atoms with van der Waals surface area (Å²) in [4.78, 5) is 4.26. The van der Waals surface area contributed by atoms with Crippen LogP contribution >= 0.6 is 0 Å². The molecule has 0 saturated heterocycles. The first-order chi connectivity index (χ1) is 13.1. The van der Waals surface area contributed by atoms with E-state index in [0.717, 1.165) is 5.56 Å². The highest BCUT2D eigenvalue weighted by Gasteiger charge is 2.31. The Bertz CT molecular complexity index is 790. The van der Waals surface area contributed by atoms with Crippen LogP contribution in [0.25, 0.3) is 0 Å². The third kappa shape index (κ3) is 5.59. The van der Waals surface area contributed by atoms with E-state index in [1.54, 1.807) is 32.2 Å². The Morgan fingerprint density at radius 2 is 1.93 bits per heavy atom. The summed E-state index contributed by atoms with van der Waals surface area (Å²) in [6.45, 7) is 10.5. The molecule has 2 aromatic rings. The lowest BCUT2D eigenvalue weighted by Gasteiger charge is -2.24. The van der Waals surface area contributed by atoms with Crippen molar-refractivity contribution < 1.29 is 24.1 Å². The predicted molar refractivity (Wildman–Crippen MR) is 106 cm³/mol. The summed E-state index contributed by atoms with van der Waals surface area (Å²) in [5, 5.41) is 9.72. The number of hydrogen-bond acceptors (Lipinski definition) is 6. The highest BCUT2D eigenvalue weighted by atomic mass is 16.6. The molecule has 0 saturated carbocycles. The maximum absolute atomic E-state index is 9.72. The summed E-state index contributed by atoms with van der Waals surface area (Å²) in [6.07, 6.45) is 2.03. The maximum atomic E-state index is 9.72. The van der Waals surface area contributed by atoms with Gasteiger partial charge in [-0.05, 0) is 46.8 Å². The largest absolute Gasteiger partial charge is 0.486 e. The molecule has 152 valence electrons. The van der Waals surface area contributed by atoms with E-state index in [1.807, 2.05) is 39.0 Å². The third-order valence-corrected chi connectivity index (χ3v) is 4.13. The van der Waals surface area contributed by atoms with Crippen LogP contribution in [-0.4, -0.2) is 34.5 Å². The molecule has 0 spiro atoms. The lowest BCUT2D eigenvalue weighted by atomic mass is 10.1. The highest BCUT2D eigenvalue weighted by Crippen LogP contribution is 2.44. The van der Waals surface area contributed by atoms with Crippen molar-refractivity contribution in [1.29, 1.82) is 0 Å². The van der Waals surface area contributed by atoms with Crippen LogP contribution in [0.4, 0.5) is 0 Å². The number of rotatable bonds is 7. The van der Waals surface area contributed by atoms with Gasteiger partial charge < -0.3 is 24.1 Å². The highest BCUT2D eigenvalue weighted by molar-refractivity contribution is 5.51. The molecule has 0 aliphatic carbocycles. The van der Waals surface area contributed by atoms with Gasteiger partial charge >= 0.3 is 0 Å². The summed E-state index contributed by atoms with van der Waals surface area (Å²) in [6, 6.07) is 9.35. The fourth-order valence-electron chi connectivity index (χ4n) is 2.84. The fourth-order valence-corrected chi connectivity index (χ4v) is 2.84. The van der Waals surface area contributed by atoms with Gasteiger partial charge in [-0.2, -0.15) is 0 Å². The Morgan fingerprint density at radius 1 is 1.14 bits per heavy atom. The average Bonchev–Trinajstić information content (AvgIpc) is 2.98. The second-order valence-corrected chi connectivity index (χ2v) is 8.55. The van der Waals surface area contributed by atoms with Gasteiger partial charge in [-0.15, -0.1) is 0 Å². The quantitative estimate of drug-likeness (QED) is 0.745. The number of hydrogen-bond donors (Lipinski definition) is 1. The van der Waals surface area contributed by atoms with Crippen LogP contribution in [0.3, 0.4) is 0 Å². The number of aliphatic hydroxyl groups is 1. The van der Waals surface area contributed by atoms with Crippen LogP contribution in [0.2, 0.25) is 0 Å². The molecule has 6 nitrogen and oxygen atoms in total. The van der Waals surface area contributed by atoms with E-state index in [-0.39, 0.29) is 11.7 Å². The minimum absolute atomic E-state index is 0.108. The number of nitrogens with zero attached hydrogens (tertiary/aromatic N) is 1. The van der Waals surface area contributed by atoms with Crippen LogP contribution in [0, 0.1) is 0 Å². The number of ether oxygens (including phenoxy) is 4. The van der Waals surface area contributed by atoms with E-state index in [4.69, 9.17) is 18.9 Å². The molecule has 0 bridgehead atoms. The van der Waals surface area contributed by atoms with Crippen LogP contribution < -0.4 is 14.2 Å². The van der Waals surface area contributed by atoms with Gasteiger partial charge in [-0.1, -0.05) is 12.1 Å². The predicted octanol–water partition coefficient (Wildman–Crippen LogP) is 4.66. The summed E-state index contributed by atoms with van der Waals surface area (Å²) in [5.41, 5.74) is -0.0186. The molecule has 0 radical (unpaired) electrons. The molecule has 2 heterocycles. The first-order valence-electron chi connectivity index (χ1n) is 9.53. The Morgan fingerprint density at radius 3 is 2.57 bits per heavy atom. The van der Waals surface area contributed by atoms with Gasteiger partial charge in [0.05, 0.1) is 24.0 Å². The molecule has 1 aromatic heterocycles. The molecule has 3 rings (SSSR count). The average molecular weight is 387 g/mol. The Labute approximate surface area is 166 Å². The fraction of sp³-hybridized carbons (Fsp3) is 0.500. The molecule has 1 aliphatic rings. The van der Waals surface area contributed by atoms with Crippen molar-refractivity contribution in [2.45, 2.75) is 58.3 Å². The van der Waals surface area contributed by atoms with Crippen molar-refractivity contribution in [3.63, 3.8) is 0 Å². The van der Waals surface area contributed by atoms with Crippen LogP contribution in [0.5, 0.6) is 23.1 Å². The molecule has 6 heteroatoms. The molecule has 28 heavy (non-hydrogen) atoms. The zero-order valence-corrected chi connectivity index (χ0v) is 17.2. The molecule has 0 fully saturated rings. The second-order valence-electron chi connectivity index (χ2n) is 8.55. The molecule has 1 atom stereocenters. The minimum atomic E-state index is -0.759. The number of fused-ring (bicyclic) bond motifs is 1. The molecule has 0 amide bonds. The van der Waals surface area contributed by atoms with Crippen molar-refractivity contribution in [2.75, 3.05) is 13.2 Å². The smallest absolute Gasteiger partial charge is 0.213 e. The van der Waals surface area contributed by atoms with Crippen molar-refractivity contribution >= 4 is 0 Å². The first kappa shape index (κ1) is 20.4. The van der Waals surface area contributed by atoms with Crippen LogP contribution in [-0.2, 0) is 4.74 Å². The SMILES string of the molecule is CC(C)(O)CCOc1ccc(Oc2cccc3c2OC[C@H]3OC(C)(C)C)cn1. The first-order valence-corrected chi connectivity index (χ1v) is 9.53. The second kappa shape index (κ2) is 7.97. The molecule has 1 aliphatic heterocycles.